The number of ether oxygens (including phenoxy) is 3. The van der Waals surface area contributed by atoms with Gasteiger partial charge in [0.05, 0.1) is 13.2 Å². The van der Waals surface area contributed by atoms with Crippen molar-refractivity contribution in [3.05, 3.63) is 12.7 Å². The van der Waals surface area contributed by atoms with Crippen LogP contribution in [0.15, 0.2) is 12.7 Å². The molecule has 0 radical (unpaired) electrons. The first-order valence-corrected chi connectivity index (χ1v) is 8.60. The van der Waals surface area contributed by atoms with Crippen LogP contribution in [-0.2, 0) is 14.2 Å². The van der Waals surface area contributed by atoms with Gasteiger partial charge in [0, 0.05) is 0 Å². The summed E-state index contributed by atoms with van der Waals surface area (Å²) < 4.78 is 15.9. The normalized spacial score (nSPS) is 47.9. The highest BCUT2D eigenvalue weighted by atomic mass is 16.8. The van der Waals surface area contributed by atoms with Crippen LogP contribution in [0.4, 0.5) is 0 Å². The molecule has 11 nitrogen and oxygen atoms in total. The van der Waals surface area contributed by atoms with E-state index in [1.54, 1.807) is 0 Å². The highest BCUT2D eigenvalue weighted by molar-refractivity contribution is 5.04. The van der Waals surface area contributed by atoms with Gasteiger partial charge < -0.3 is 55.1 Å². The molecule has 9 atom stereocenters. The Labute approximate surface area is 155 Å². The third kappa shape index (κ3) is 3.91. The molecule has 8 N–H and O–H groups in total. The van der Waals surface area contributed by atoms with E-state index >= 15 is 0 Å². The van der Waals surface area contributed by atoms with Gasteiger partial charge in [-0.25, -0.2) is 0 Å². The molecule has 2 aliphatic heterocycles. The Balaban J connectivity index is 2.29. The summed E-state index contributed by atoms with van der Waals surface area (Å²) in [4.78, 5) is 0. The number of hydrogen-bond donors (Lipinski definition) is 8. The Bertz CT molecular complexity index is 505. The van der Waals surface area contributed by atoms with Gasteiger partial charge in [0.1, 0.15) is 48.8 Å². The van der Waals surface area contributed by atoms with Gasteiger partial charge in [-0.3, -0.25) is 0 Å². The Morgan fingerprint density at radius 3 is 2.07 bits per heavy atom. The highest BCUT2D eigenvalue weighted by Gasteiger charge is 2.61. The molecule has 0 amide bonds. The second kappa shape index (κ2) is 8.76. The average molecular weight is 396 g/mol. The van der Waals surface area contributed by atoms with Gasteiger partial charge >= 0.3 is 0 Å². The van der Waals surface area contributed by atoms with Crippen LogP contribution < -0.4 is 0 Å². The zero-order valence-corrected chi connectivity index (χ0v) is 14.7. The number of aliphatic hydroxyl groups is 8. The van der Waals surface area contributed by atoms with E-state index in [9.17, 15) is 40.9 Å². The average Bonchev–Trinajstić information content (AvgIpc) is 2.92. The van der Waals surface area contributed by atoms with Crippen molar-refractivity contribution < 1.29 is 55.1 Å². The molecule has 0 spiro atoms. The molecule has 0 aromatic carbocycles. The van der Waals surface area contributed by atoms with Crippen LogP contribution in [-0.4, -0.2) is 115 Å². The fourth-order valence-corrected chi connectivity index (χ4v) is 3.38. The minimum Gasteiger partial charge on any atom is -0.394 e. The van der Waals surface area contributed by atoms with E-state index in [4.69, 9.17) is 14.2 Å². The summed E-state index contributed by atoms with van der Waals surface area (Å²) in [5.41, 5.74) is -2.15. The molecule has 2 heterocycles. The summed E-state index contributed by atoms with van der Waals surface area (Å²) in [5, 5.41) is 80.0. The molecule has 2 rings (SSSR count). The van der Waals surface area contributed by atoms with Gasteiger partial charge in [0.25, 0.3) is 0 Å². The summed E-state index contributed by atoms with van der Waals surface area (Å²) in [6.07, 6.45) is -9.76. The van der Waals surface area contributed by atoms with Crippen LogP contribution in [0.2, 0.25) is 0 Å². The van der Waals surface area contributed by atoms with Crippen molar-refractivity contribution in [2.45, 2.75) is 67.1 Å². The molecular formula is C16H28O11. The molecule has 11 heteroatoms. The van der Waals surface area contributed by atoms with Crippen molar-refractivity contribution >= 4 is 0 Å². The lowest BCUT2D eigenvalue weighted by Crippen LogP contribution is -2.69. The zero-order chi connectivity index (χ0) is 20.4. The first-order chi connectivity index (χ1) is 12.7. The van der Waals surface area contributed by atoms with Crippen molar-refractivity contribution in [1.29, 1.82) is 0 Å². The molecule has 0 aromatic heterocycles. The van der Waals surface area contributed by atoms with Crippen molar-refractivity contribution in [2.24, 2.45) is 0 Å². The van der Waals surface area contributed by atoms with Crippen molar-refractivity contribution in [3.8, 4) is 0 Å². The number of rotatable bonds is 8. The van der Waals surface area contributed by atoms with E-state index in [2.05, 4.69) is 6.58 Å². The van der Waals surface area contributed by atoms with E-state index in [1.165, 1.54) is 6.08 Å². The highest BCUT2D eigenvalue weighted by Crippen LogP contribution is 2.39. The zero-order valence-electron chi connectivity index (χ0n) is 14.7. The van der Waals surface area contributed by atoms with Gasteiger partial charge in [-0.1, -0.05) is 6.08 Å². The maximum absolute atomic E-state index is 10.8. The smallest absolute Gasteiger partial charge is 0.224 e. The van der Waals surface area contributed by atoms with E-state index in [1.807, 2.05) is 0 Å². The van der Waals surface area contributed by atoms with Crippen molar-refractivity contribution in [3.63, 3.8) is 0 Å². The second-order valence-electron chi connectivity index (χ2n) is 6.80. The Morgan fingerprint density at radius 1 is 0.963 bits per heavy atom. The summed E-state index contributed by atoms with van der Waals surface area (Å²) in [6, 6.07) is 0. The molecular weight excluding hydrogens is 368 g/mol. The number of allylic oxidation sites excluding steroid dienone is 1. The Morgan fingerprint density at radius 2 is 1.59 bits per heavy atom. The molecule has 2 aliphatic rings. The Hall–Kier alpha value is -0.700. The summed E-state index contributed by atoms with van der Waals surface area (Å²) >= 11 is 0. The van der Waals surface area contributed by atoms with E-state index in [-0.39, 0.29) is 12.8 Å². The van der Waals surface area contributed by atoms with Crippen LogP contribution in [0, 0.1) is 0 Å². The minimum atomic E-state index is -2.26. The van der Waals surface area contributed by atoms with E-state index in [0.29, 0.717) is 0 Å². The molecule has 27 heavy (non-hydrogen) atoms. The molecule has 2 fully saturated rings. The molecule has 0 bridgehead atoms. The largest absolute Gasteiger partial charge is 0.394 e. The topological polar surface area (TPSA) is 190 Å². The first kappa shape index (κ1) is 22.6. The number of hydrogen-bond acceptors (Lipinski definition) is 11. The fraction of sp³-hybridized carbons (Fsp3) is 0.875. The van der Waals surface area contributed by atoms with Crippen LogP contribution in [0.25, 0.3) is 0 Å². The van der Waals surface area contributed by atoms with Crippen molar-refractivity contribution in [2.75, 3.05) is 19.8 Å². The molecule has 0 aliphatic carbocycles. The van der Waals surface area contributed by atoms with Gasteiger partial charge in [0.15, 0.2) is 6.29 Å². The fourth-order valence-electron chi connectivity index (χ4n) is 3.38. The third-order valence-corrected chi connectivity index (χ3v) is 5.09. The minimum absolute atomic E-state index is 0.143. The molecule has 0 unspecified atom stereocenters. The maximum atomic E-state index is 10.8. The lowest BCUT2D eigenvalue weighted by Gasteiger charge is -2.49. The first-order valence-electron chi connectivity index (χ1n) is 8.60. The summed E-state index contributed by atoms with van der Waals surface area (Å²) in [5.74, 6) is -2.26. The van der Waals surface area contributed by atoms with E-state index < -0.39 is 74.1 Å². The number of aliphatic hydroxyl groups excluding tert-OH is 7. The monoisotopic (exact) mass is 396 g/mol. The SMILES string of the molecule is C=CCC[C@]1(O)[C@H](O)[C@H](CO)O[C@H](O[C@@]2(CO)O[C@@H](CO)[C@@H](O)[C@H]2O)[C@@H]1O. The molecule has 2 saturated heterocycles. The second-order valence-corrected chi connectivity index (χ2v) is 6.80. The molecule has 0 saturated carbocycles. The predicted molar refractivity (Wildman–Crippen MR) is 87.0 cm³/mol. The van der Waals surface area contributed by atoms with Gasteiger partial charge in [0.2, 0.25) is 5.79 Å². The Kier molecular flexibility index (Phi) is 7.33. The summed E-state index contributed by atoms with van der Waals surface area (Å²) in [7, 11) is 0. The van der Waals surface area contributed by atoms with Crippen LogP contribution in [0.3, 0.4) is 0 Å². The van der Waals surface area contributed by atoms with Gasteiger partial charge in [-0.2, -0.15) is 0 Å². The third-order valence-electron chi connectivity index (χ3n) is 5.09. The summed E-state index contributed by atoms with van der Waals surface area (Å²) in [6.45, 7) is 1.12. The van der Waals surface area contributed by atoms with Gasteiger partial charge in [-0.15, -0.1) is 6.58 Å². The quantitative estimate of drug-likeness (QED) is 0.186. The lowest BCUT2D eigenvalue weighted by molar-refractivity contribution is -0.397. The van der Waals surface area contributed by atoms with Crippen LogP contribution in [0.1, 0.15) is 12.8 Å². The van der Waals surface area contributed by atoms with Crippen molar-refractivity contribution in [1.82, 2.24) is 0 Å². The molecule has 0 aromatic rings. The lowest BCUT2D eigenvalue weighted by atomic mass is 9.80. The predicted octanol–water partition coefficient (Wildman–Crippen LogP) is -4.06. The van der Waals surface area contributed by atoms with Crippen LogP contribution >= 0.6 is 0 Å². The van der Waals surface area contributed by atoms with Gasteiger partial charge in [-0.05, 0) is 12.8 Å². The molecule has 158 valence electrons. The van der Waals surface area contributed by atoms with Crippen LogP contribution in [0.5, 0.6) is 0 Å². The van der Waals surface area contributed by atoms with E-state index in [0.717, 1.165) is 0 Å². The standard InChI is InChI=1S/C16H28O11/c1-2-3-4-15(24)11(21)9(6-18)25-14(13(15)23)27-16(7-19)12(22)10(20)8(5-17)26-16/h2,8-14,17-24H,1,3-7H2/t8-,9-,10+,11+,12+,13-,14+,15-,16+/m0/s1. The maximum Gasteiger partial charge on any atom is 0.224 e.